The molecule has 9 nitrogen and oxygen atoms in total. The number of carbonyl (C=O) groups is 1. The lowest BCUT2D eigenvalue weighted by Crippen LogP contribution is -2.30. The molecule has 2 aromatic heterocycles. The number of aryl methyl sites for hydroxylation is 1. The fourth-order valence-corrected chi connectivity index (χ4v) is 4.54. The zero-order valence-corrected chi connectivity index (χ0v) is 20.4. The molecule has 0 aliphatic carbocycles. The van der Waals surface area contributed by atoms with Crippen molar-refractivity contribution in [3.8, 4) is 28.5 Å². The van der Waals surface area contributed by atoms with Crippen LogP contribution in [-0.2, 0) is 11.3 Å². The van der Waals surface area contributed by atoms with Gasteiger partial charge in [-0.2, -0.15) is 5.10 Å². The van der Waals surface area contributed by atoms with Crippen molar-refractivity contribution in [3.63, 3.8) is 0 Å². The highest BCUT2D eigenvalue weighted by molar-refractivity contribution is 7.19. The Kier molecular flexibility index (Phi) is 6.71. The number of thiazole rings is 1. The van der Waals surface area contributed by atoms with Crippen molar-refractivity contribution in [1.82, 2.24) is 14.8 Å². The highest BCUT2D eigenvalue weighted by atomic mass is 35.5. The van der Waals surface area contributed by atoms with Crippen LogP contribution < -0.4 is 25.1 Å². The summed E-state index contributed by atoms with van der Waals surface area (Å²) in [5.74, 6) is 1.04. The van der Waals surface area contributed by atoms with Crippen molar-refractivity contribution in [1.29, 1.82) is 0 Å². The molecule has 0 spiro atoms. The number of amides is 1. The molecule has 0 fully saturated rings. The van der Waals surface area contributed by atoms with Crippen LogP contribution in [-0.4, -0.2) is 42.0 Å². The minimum atomic E-state index is -0.472. The number of ether oxygens (including phenoxy) is 3. The van der Waals surface area contributed by atoms with Gasteiger partial charge in [-0.05, 0) is 43.3 Å². The van der Waals surface area contributed by atoms with Gasteiger partial charge in [0, 0.05) is 10.6 Å². The second-order valence-electron chi connectivity index (χ2n) is 7.18. The predicted molar refractivity (Wildman–Crippen MR) is 132 cm³/mol. The molecule has 0 aliphatic rings. The van der Waals surface area contributed by atoms with Gasteiger partial charge in [0.05, 0.1) is 36.7 Å². The van der Waals surface area contributed by atoms with Gasteiger partial charge < -0.3 is 19.5 Å². The van der Waals surface area contributed by atoms with Gasteiger partial charge in [0.2, 0.25) is 5.91 Å². The van der Waals surface area contributed by atoms with E-state index >= 15 is 0 Å². The smallest absolute Gasteiger partial charge is 0.294 e. The standard InChI is InChI=1S/C23H21ClN4O5S/c1-12-25-21-22(34-12)20(13-5-7-17(32-3)18(9-13)33-4)27-28(23(21)30)11-19(29)26-15-10-14(24)6-8-16(15)31-2/h5-10H,11H2,1-4H3,(H,26,29). The van der Waals surface area contributed by atoms with E-state index in [2.05, 4.69) is 15.4 Å². The molecule has 0 saturated carbocycles. The SMILES string of the molecule is COc1ccc(Cl)cc1NC(=O)Cn1nc(-c2ccc(OC)c(OC)c2)c2sc(C)nc2c1=O. The van der Waals surface area contributed by atoms with Gasteiger partial charge in [0.25, 0.3) is 5.56 Å². The normalized spacial score (nSPS) is 10.9. The number of methoxy groups -OCH3 is 3. The van der Waals surface area contributed by atoms with E-state index in [1.54, 1.807) is 37.4 Å². The fourth-order valence-electron chi connectivity index (χ4n) is 3.45. The van der Waals surface area contributed by atoms with Gasteiger partial charge in [-0.15, -0.1) is 11.3 Å². The van der Waals surface area contributed by atoms with Crippen LogP contribution in [0.25, 0.3) is 21.5 Å². The van der Waals surface area contributed by atoms with Crippen molar-refractivity contribution in [2.45, 2.75) is 13.5 Å². The van der Waals surface area contributed by atoms with E-state index in [9.17, 15) is 9.59 Å². The van der Waals surface area contributed by atoms with Crippen LogP contribution in [0.1, 0.15) is 5.01 Å². The maximum absolute atomic E-state index is 13.1. The van der Waals surface area contributed by atoms with Gasteiger partial charge in [0.15, 0.2) is 17.0 Å². The number of fused-ring (bicyclic) bond motifs is 1. The molecule has 176 valence electrons. The van der Waals surface area contributed by atoms with Crippen LogP contribution in [0, 0.1) is 6.92 Å². The number of carbonyl (C=O) groups excluding carboxylic acids is 1. The Labute approximate surface area is 203 Å². The molecular weight excluding hydrogens is 480 g/mol. The lowest BCUT2D eigenvalue weighted by Gasteiger charge is -2.13. The number of anilines is 1. The molecule has 0 saturated heterocycles. The van der Waals surface area contributed by atoms with E-state index in [1.807, 2.05) is 13.0 Å². The molecule has 2 aromatic carbocycles. The Bertz CT molecular complexity index is 1450. The fraction of sp³-hybridized carbons (Fsp3) is 0.217. The number of hydrogen-bond donors (Lipinski definition) is 1. The molecule has 0 atom stereocenters. The molecule has 0 aliphatic heterocycles. The number of benzene rings is 2. The minimum absolute atomic E-state index is 0.246. The average molecular weight is 501 g/mol. The lowest BCUT2D eigenvalue weighted by molar-refractivity contribution is -0.117. The summed E-state index contributed by atoms with van der Waals surface area (Å²) in [7, 11) is 4.57. The summed E-state index contributed by atoms with van der Waals surface area (Å²) in [5.41, 5.74) is 1.37. The molecule has 4 aromatic rings. The summed E-state index contributed by atoms with van der Waals surface area (Å²) >= 11 is 7.40. The molecule has 11 heteroatoms. The molecule has 34 heavy (non-hydrogen) atoms. The van der Waals surface area contributed by atoms with Crippen molar-refractivity contribution >= 4 is 44.7 Å². The van der Waals surface area contributed by atoms with Gasteiger partial charge in [0.1, 0.15) is 18.0 Å². The molecule has 1 N–H and O–H groups in total. The van der Waals surface area contributed by atoms with E-state index in [4.69, 9.17) is 25.8 Å². The lowest BCUT2D eigenvalue weighted by atomic mass is 10.1. The van der Waals surface area contributed by atoms with Crippen molar-refractivity contribution in [3.05, 3.63) is 56.8 Å². The van der Waals surface area contributed by atoms with E-state index in [1.165, 1.54) is 25.6 Å². The number of hydrogen-bond acceptors (Lipinski definition) is 8. The molecule has 2 heterocycles. The Hall–Kier alpha value is -3.63. The van der Waals surface area contributed by atoms with Gasteiger partial charge in [-0.1, -0.05) is 11.6 Å². The topological polar surface area (TPSA) is 105 Å². The van der Waals surface area contributed by atoms with Crippen molar-refractivity contribution in [2.75, 3.05) is 26.6 Å². The van der Waals surface area contributed by atoms with E-state index in [0.29, 0.717) is 48.9 Å². The Morgan fingerprint density at radius 1 is 1.06 bits per heavy atom. The highest BCUT2D eigenvalue weighted by Gasteiger charge is 2.19. The Balaban J connectivity index is 1.76. The number of halogens is 1. The molecule has 1 amide bonds. The summed E-state index contributed by atoms with van der Waals surface area (Å²) < 4.78 is 17.7. The van der Waals surface area contributed by atoms with Gasteiger partial charge in [-0.3, -0.25) is 9.59 Å². The van der Waals surface area contributed by atoms with Crippen LogP contribution in [0.3, 0.4) is 0 Å². The maximum atomic E-state index is 13.1. The Morgan fingerprint density at radius 3 is 2.47 bits per heavy atom. The van der Waals surface area contributed by atoms with Crippen molar-refractivity contribution in [2.24, 2.45) is 0 Å². The first-order chi connectivity index (χ1) is 16.3. The summed E-state index contributed by atoms with van der Waals surface area (Å²) in [6.45, 7) is 1.48. The largest absolute Gasteiger partial charge is 0.495 e. The summed E-state index contributed by atoms with van der Waals surface area (Å²) in [4.78, 5) is 30.3. The van der Waals surface area contributed by atoms with Crippen molar-refractivity contribution < 1.29 is 19.0 Å². The third kappa shape index (κ3) is 4.55. The Morgan fingerprint density at radius 2 is 1.76 bits per heavy atom. The van der Waals surface area contributed by atoms with Gasteiger partial charge >= 0.3 is 0 Å². The van der Waals surface area contributed by atoms with Crippen LogP contribution in [0.2, 0.25) is 5.02 Å². The molecule has 0 bridgehead atoms. The number of aromatic nitrogens is 3. The van der Waals surface area contributed by atoms with E-state index in [0.717, 1.165) is 4.68 Å². The first-order valence-electron chi connectivity index (χ1n) is 10.1. The number of nitrogens with zero attached hydrogens (tertiary/aromatic N) is 3. The monoisotopic (exact) mass is 500 g/mol. The average Bonchev–Trinajstić information content (AvgIpc) is 3.22. The molecule has 4 rings (SSSR count). The van der Waals surface area contributed by atoms with Crippen LogP contribution in [0.4, 0.5) is 5.69 Å². The van der Waals surface area contributed by atoms with Crippen LogP contribution >= 0.6 is 22.9 Å². The summed E-state index contributed by atoms with van der Waals surface area (Å²) in [6.07, 6.45) is 0. The van der Waals surface area contributed by atoms with E-state index in [-0.39, 0.29) is 12.1 Å². The first-order valence-corrected chi connectivity index (χ1v) is 11.3. The molecular formula is C23H21ClN4O5S. The van der Waals surface area contributed by atoms with E-state index < -0.39 is 11.5 Å². The summed E-state index contributed by atoms with van der Waals surface area (Å²) in [5, 5.41) is 8.38. The third-order valence-corrected chi connectivity index (χ3v) is 6.21. The van der Waals surface area contributed by atoms with Crippen LogP contribution in [0.5, 0.6) is 17.2 Å². The van der Waals surface area contributed by atoms with Gasteiger partial charge in [-0.25, -0.2) is 9.67 Å². The number of nitrogens with one attached hydrogen (secondary N) is 1. The maximum Gasteiger partial charge on any atom is 0.294 e. The first kappa shape index (κ1) is 23.5. The quantitative estimate of drug-likeness (QED) is 0.406. The third-order valence-electron chi connectivity index (χ3n) is 4.99. The zero-order valence-electron chi connectivity index (χ0n) is 18.8. The summed E-state index contributed by atoms with van der Waals surface area (Å²) in [6, 6.07) is 10.2. The molecule has 0 radical (unpaired) electrons. The zero-order chi connectivity index (χ0) is 24.4. The number of rotatable bonds is 7. The predicted octanol–water partition coefficient (Wildman–Crippen LogP) is 4.15. The molecule has 0 unspecified atom stereocenters. The highest BCUT2D eigenvalue weighted by Crippen LogP contribution is 2.35. The second kappa shape index (κ2) is 9.70. The minimum Gasteiger partial charge on any atom is -0.495 e. The second-order valence-corrected chi connectivity index (χ2v) is 8.82. The van der Waals surface area contributed by atoms with Crippen LogP contribution in [0.15, 0.2) is 41.2 Å².